The minimum Gasteiger partial charge on any atom is -0.475 e. The topological polar surface area (TPSA) is 118 Å². The first kappa shape index (κ1) is 26.4. The Labute approximate surface area is 189 Å². The van der Waals surface area contributed by atoms with Crippen LogP contribution in [0.1, 0.15) is 46.0 Å². The largest absolute Gasteiger partial charge is 0.490 e. The van der Waals surface area contributed by atoms with Crippen LogP contribution in [0.4, 0.5) is 19.0 Å². The number of halogens is 3. The van der Waals surface area contributed by atoms with Gasteiger partial charge in [-0.25, -0.2) is 9.48 Å². The number of aryl methyl sites for hydroxylation is 1. The second-order valence-corrected chi connectivity index (χ2v) is 7.82. The number of carboxylic acids is 1. The van der Waals surface area contributed by atoms with E-state index in [-0.39, 0.29) is 12.0 Å². The lowest BCUT2D eigenvalue weighted by molar-refractivity contribution is -0.192. The maximum Gasteiger partial charge on any atom is 0.490 e. The summed E-state index contributed by atoms with van der Waals surface area (Å²) in [7, 11) is 1.83. The van der Waals surface area contributed by atoms with E-state index in [0.29, 0.717) is 29.7 Å². The maximum absolute atomic E-state index is 12.4. The number of pyridine rings is 1. The summed E-state index contributed by atoms with van der Waals surface area (Å²) in [4.78, 5) is 25.9. The molecule has 1 fully saturated rings. The van der Waals surface area contributed by atoms with Crippen molar-refractivity contribution in [1.82, 2.24) is 20.1 Å². The predicted molar refractivity (Wildman–Crippen MR) is 116 cm³/mol. The average molecular weight is 473 g/mol. The third kappa shape index (κ3) is 7.88. The van der Waals surface area contributed by atoms with Gasteiger partial charge in [0.2, 0.25) is 11.8 Å². The first-order valence-electron chi connectivity index (χ1n) is 10.9. The minimum atomic E-state index is -5.08. The molecule has 12 heteroatoms. The number of carbonyl (C=O) groups excluding carboxylic acids is 1. The van der Waals surface area contributed by atoms with Crippen LogP contribution in [0.25, 0.3) is 11.0 Å². The summed E-state index contributed by atoms with van der Waals surface area (Å²) in [6, 6.07) is 3.77. The number of piperidine rings is 1. The van der Waals surface area contributed by atoms with Gasteiger partial charge in [0, 0.05) is 19.5 Å². The predicted octanol–water partition coefficient (Wildman–Crippen LogP) is 3.50. The van der Waals surface area contributed by atoms with E-state index in [1.165, 1.54) is 0 Å². The number of amides is 1. The SMILES string of the molecule is CCC(CC)Oc1ccc2c(NC(=O)CC3CCCNC3)nn(C)c2n1.O=C(O)C(F)(F)F. The number of aromatic nitrogens is 3. The van der Waals surface area contributed by atoms with E-state index in [0.717, 1.165) is 44.2 Å². The molecule has 9 nitrogen and oxygen atoms in total. The van der Waals surface area contributed by atoms with Gasteiger partial charge in [0.05, 0.1) is 11.5 Å². The molecule has 0 spiro atoms. The van der Waals surface area contributed by atoms with Gasteiger partial charge in [-0.15, -0.1) is 0 Å². The zero-order valence-electron chi connectivity index (χ0n) is 18.9. The van der Waals surface area contributed by atoms with Gasteiger partial charge in [-0.3, -0.25) is 4.79 Å². The number of fused-ring (bicyclic) bond motifs is 1. The average Bonchev–Trinajstić information content (AvgIpc) is 3.07. The van der Waals surface area contributed by atoms with Crippen molar-refractivity contribution in [3.05, 3.63) is 12.1 Å². The van der Waals surface area contributed by atoms with Gasteiger partial charge >= 0.3 is 12.1 Å². The number of ether oxygens (including phenoxy) is 1. The number of hydrogen-bond acceptors (Lipinski definition) is 6. The summed E-state index contributed by atoms with van der Waals surface area (Å²) >= 11 is 0. The van der Waals surface area contributed by atoms with Crippen molar-refractivity contribution in [2.75, 3.05) is 18.4 Å². The zero-order valence-corrected chi connectivity index (χ0v) is 18.9. The molecule has 184 valence electrons. The Bertz CT molecular complexity index is 938. The number of nitrogens with zero attached hydrogens (tertiary/aromatic N) is 3. The van der Waals surface area contributed by atoms with E-state index in [2.05, 4.69) is 34.6 Å². The van der Waals surface area contributed by atoms with Gasteiger partial charge in [-0.1, -0.05) is 13.8 Å². The Morgan fingerprint density at radius 3 is 2.55 bits per heavy atom. The number of rotatable bonds is 7. The summed E-state index contributed by atoms with van der Waals surface area (Å²) < 4.78 is 39.3. The van der Waals surface area contributed by atoms with Crippen LogP contribution in [0.3, 0.4) is 0 Å². The molecule has 0 saturated carbocycles. The lowest BCUT2D eigenvalue weighted by atomic mass is 9.96. The van der Waals surface area contributed by atoms with E-state index in [1.807, 2.05) is 19.2 Å². The second-order valence-electron chi connectivity index (χ2n) is 7.82. The van der Waals surface area contributed by atoms with Crippen LogP contribution in [0.2, 0.25) is 0 Å². The van der Waals surface area contributed by atoms with Gasteiger partial charge in [0.25, 0.3) is 0 Å². The smallest absolute Gasteiger partial charge is 0.475 e. The molecule has 1 aliphatic heterocycles. The molecule has 1 aliphatic rings. The monoisotopic (exact) mass is 473 g/mol. The Balaban J connectivity index is 0.000000479. The van der Waals surface area contributed by atoms with Crippen molar-refractivity contribution in [2.24, 2.45) is 13.0 Å². The number of anilines is 1. The van der Waals surface area contributed by atoms with E-state index in [4.69, 9.17) is 14.6 Å². The Morgan fingerprint density at radius 1 is 1.33 bits per heavy atom. The molecule has 3 rings (SSSR count). The fraction of sp³-hybridized carbons (Fsp3) is 0.619. The summed E-state index contributed by atoms with van der Waals surface area (Å²) in [6.07, 6.45) is -0.279. The van der Waals surface area contributed by atoms with Crippen LogP contribution in [0.5, 0.6) is 5.88 Å². The molecular weight excluding hydrogens is 443 g/mol. The molecule has 3 N–H and O–H groups in total. The molecule has 33 heavy (non-hydrogen) atoms. The van der Waals surface area contributed by atoms with E-state index in [9.17, 15) is 18.0 Å². The van der Waals surface area contributed by atoms with Gasteiger partial charge in [-0.2, -0.15) is 23.3 Å². The van der Waals surface area contributed by atoms with Crippen LogP contribution in [-0.4, -0.2) is 57.1 Å². The summed E-state index contributed by atoms with van der Waals surface area (Å²) in [5, 5.41) is 18.7. The van der Waals surface area contributed by atoms with Crippen molar-refractivity contribution >= 4 is 28.7 Å². The van der Waals surface area contributed by atoms with E-state index >= 15 is 0 Å². The fourth-order valence-electron chi connectivity index (χ4n) is 3.44. The molecule has 2 aromatic rings. The Kier molecular flexibility index (Phi) is 9.44. The maximum atomic E-state index is 12.4. The number of carbonyl (C=O) groups is 2. The molecule has 1 saturated heterocycles. The molecule has 0 bridgehead atoms. The minimum absolute atomic E-state index is 0.0102. The highest BCUT2D eigenvalue weighted by atomic mass is 19.4. The highest BCUT2D eigenvalue weighted by Gasteiger charge is 2.38. The molecular formula is C21H30F3N5O4. The van der Waals surface area contributed by atoms with Crippen LogP contribution in [-0.2, 0) is 16.6 Å². The van der Waals surface area contributed by atoms with Crippen molar-refractivity contribution in [1.29, 1.82) is 0 Å². The number of nitrogens with one attached hydrogen (secondary N) is 2. The van der Waals surface area contributed by atoms with Crippen LogP contribution in [0, 0.1) is 5.92 Å². The number of carboxylic acid groups (broad SMARTS) is 1. The van der Waals surface area contributed by atoms with E-state index in [1.54, 1.807) is 4.68 Å². The molecule has 3 heterocycles. The second kappa shape index (κ2) is 11.8. The van der Waals surface area contributed by atoms with Crippen molar-refractivity contribution < 1.29 is 32.6 Å². The number of aliphatic carboxylic acids is 1. The highest BCUT2D eigenvalue weighted by molar-refractivity contribution is 5.99. The lowest BCUT2D eigenvalue weighted by Crippen LogP contribution is -2.32. The molecule has 0 radical (unpaired) electrons. The summed E-state index contributed by atoms with van der Waals surface area (Å²) in [6.45, 7) is 6.17. The molecule has 1 amide bonds. The quantitative estimate of drug-likeness (QED) is 0.563. The fourth-order valence-corrected chi connectivity index (χ4v) is 3.44. The first-order chi connectivity index (χ1) is 15.5. The Morgan fingerprint density at radius 2 is 2.00 bits per heavy atom. The number of alkyl halides is 3. The Hall–Kier alpha value is -2.89. The standard InChI is InChI=1S/C19H29N5O2.C2HF3O2/c1-4-14(5-2)26-17-9-8-15-18(23-24(3)19(15)22-17)21-16(25)11-13-7-6-10-20-12-13;3-2(4,5)1(6)7/h8-9,13-14,20H,4-7,10-12H2,1-3H3,(H,21,23,25);(H,6,7). The summed E-state index contributed by atoms with van der Waals surface area (Å²) in [5.74, 6) is -1.18. The third-order valence-electron chi connectivity index (χ3n) is 5.23. The highest BCUT2D eigenvalue weighted by Crippen LogP contribution is 2.25. The van der Waals surface area contributed by atoms with Gasteiger partial charge in [0.15, 0.2) is 11.5 Å². The van der Waals surface area contributed by atoms with Crippen LogP contribution < -0.4 is 15.4 Å². The van der Waals surface area contributed by atoms with Gasteiger partial charge in [0.1, 0.15) is 0 Å². The third-order valence-corrected chi connectivity index (χ3v) is 5.23. The van der Waals surface area contributed by atoms with Crippen LogP contribution >= 0.6 is 0 Å². The zero-order chi connectivity index (χ0) is 24.6. The number of hydrogen-bond donors (Lipinski definition) is 3. The molecule has 2 aromatic heterocycles. The normalized spacial score (nSPS) is 16.3. The molecule has 0 aromatic carbocycles. The van der Waals surface area contributed by atoms with Crippen molar-refractivity contribution in [3.63, 3.8) is 0 Å². The molecule has 0 aliphatic carbocycles. The van der Waals surface area contributed by atoms with Crippen molar-refractivity contribution in [2.45, 2.75) is 58.2 Å². The van der Waals surface area contributed by atoms with Gasteiger partial charge in [-0.05, 0) is 50.8 Å². The summed E-state index contributed by atoms with van der Waals surface area (Å²) in [5.41, 5.74) is 0.711. The van der Waals surface area contributed by atoms with Crippen molar-refractivity contribution in [3.8, 4) is 5.88 Å². The first-order valence-corrected chi connectivity index (χ1v) is 10.9. The van der Waals surface area contributed by atoms with Crippen LogP contribution in [0.15, 0.2) is 12.1 Å². The van der Waals surface area contributed by atoms with Gasteiger partial charge < -0.3 is 20.5 Å². The molecule has 1 unspecified atom stereocenters. The molecule has 1 atom stereocenters. The lowest BCUT2D eigenvalue weighted by Gasteiger charge is -2.21. The van der Waals surface area contributed by atoms with E-state index < -0.39 is 12.1 Å².